The highest BCUT2D eigenvalue weighted by Crippen LogP contribution is 2.24. The minimum atomic E-state index is -3.71. The maximum absolute atomic E-state index is 12.2. The average molecular weight is 262 g/mol. The Bertz CT molecular complexity index is 507. The highest BCUT2D eigenvalue weighted by Gasteiger charge is 2.29. The fraction of sp³-hybridized carbons (Fsp3) is 0.667. The molecule has 1 aromatic rings. The molecule has 0 fully saturated rings. The van der Waals surface area contributed by atoms with Crippen molar-refractivity contribution < 1.29 is 13.5 Å². The van der Waals surface area contributed by atoms with E-state index in [9.17, 15) is 13.5 Å². The van der Waals surface area contributed by atoms with Crippen LogP contribution in [0.25, 0.3) is 0 Å². The van der Waals surface area contributed by atoms with Crippen molar-refractivity contribution >= 4 is 15.8 Å². The summed E-state index contributed by atoms with van der Waals surface area (Å²) in [6, 6.07) is 0. The van der Waals surface area contributed by atoms with Crippen LogP contribution >= 0.6 is 0 Å². The average Bonchev–Trinajstić information content (AvgIpc) is 2.39. The molecule has 1 aromatic heterocycles. The van der Waals surface area contributed by atoms with Crippen LogP contribution in [0.15, 0.2) is 4.90 Å². The number of aromatic nitrogens is 2. The van der Waals surface area contributed by atoms with Gasteiger partial charge in [0, 0.05) is 20.6 Å². The van der Waals surface area contributed by atoms with Gasteiger partial charge >= 0.3 is 0 Å². The molecule has 0 bridgehead atoms. The lowest BCUT2D eigenvalue weighted by atomic mass is 10.4. The van der Waals surface area contributed by atoms with Crippen LogP contribution in [-0.4, -0.2) is 47.3 Å². The van der Waals surface area contributed by atoms with Gasteiger partial charge in [0.15, 0.2) is 5.82 Å². The number of aliphatic hydroxyl groups is 1. The molecular formula is C9H18N4O3S. The van der Waals surface area contributed by atoms with Crippen molar-refractivity contribution in [2.75, 3.05) is 19.3 Å². The van der Waals surface area contributed by atoms with Gasteiger partial charge in [-0.25, -0.2) is 8.42 Å². The van der Waals surface area contributed by atoms with Gasteiger partial charge in [-0.15, -0.1) is 0 Å². The molecule has 0 aromatic carbocycles. The number of aryl methyl sites for hydroxylation is 1. The maximum atomic E-state index is 12.2. The fourth-order valence-corrected chi connectivity index (χ4v) is 3.09. The zero-order valence-electron chi connectivity index (χ0n) is 10.4. The van der Waals surface area contributed by atoms with Gasteiger partial charge in [-0.2, -0.15) is 9.40 Å². The quantitative estimate of drug-likeness (QED) is 0.748. The highest BCUT2D eigenvalue weighted by atomic mass is 32.2. The summed E-state index contributed by atoms with van der Waals surface area (Å²) in [5, 5.41) is 13.1. The fourth-order valence-electron chi connectivity index (χ4n) is 1.56. The number of nitrogen functional groups attached to an aromatic ring is 1. The van der Waals surface area contributed by atoms with E-state index in [1.165, 1.54) is 18.7 Å². The third-order valence-electron chi connectivity index (χ3n) is 2.49. The monoisotopic (exact) mass is 262 g/mol. The van der Waals surface area contributed by atoms with E-state index in [4.69, 9.17) is 5.73 Å². The Morgan fingerprint density at radius 1 is 1.59 bits per heavy atom. The van der Waals surface area contributed by atoms with Gasteiger partial charge < -0.3 is 10.8 Å². The molecule has 1 rings (SSSR count). The molecule has 3 N–H and O–H groups in total. The van der Waals surface area contributed by atoms with Crippen molar-refractivity contribution in [1.82, 2.24) is 14.1 Å². The summed E-state index contributed by atoms with van der Waals surface area (Å²) in [5.74, 6) is -0.0255. The molecule has 1 unspecified atom stereocenters. The zero-order chi connectivity index (χ0) is 13.4. The molecule has 0 aliphatic heterocycles. The van der Waals surface area contributed by atoms with E-state index in [2.05, 4.69) is 5.10 Å². The Hall–Kier alpha value is -1.12. The van der Waals surface area contributed by atoms with E-state index in [1.807, 2.05) is 0 Å². The van der Waals surface area contributed by atoms with Crippen molar-refractivity contribution in [2.24, 2.45) is 7.05 Å². The molecular weight excluding hydrogens is 244 g/mol. The number of hydrogen-bond donors (Lipinski definition) is 2. The van der Waals surface area contributed by atoms with Gasteiger partial charge in [0.25, 0.3) is 0 Å². The van der Waals surface area contributed by atoms with Crippen LogP contribution in [0.4, 0.5) is 5.82 Å². The Balaban J connectivity index is 3.22. The van der Waals surface area contributed by atoms with E-state index in [0.717, 1.165) is 4.31 Å². The van der Waals surface area contributed by atoms with Gasteiger partial charge in [-0.1, -0.05) is 0 Å². The zero-order valence-corrected chi connectivity index (χ0v) is 11.2. The van der Waals surface area contributed by atoms with Crippen LogP contribution in [0.3, 0.4) is 0 Å². The van der Waals surface area contributed by atoms with Gasteiger partial charge in [-0.05, 0) is 13.8 Å². The van der Waals surface area contributed by atoms with Crippen LogP contribution in [0.2, 0.25) is 0 Å². The highest BCUT2D eigenvalue weighted by molar-refractivity contribution is 7.89. The van der Waals surface area contributed by atoms with Crippen molar-refractivity contribution in [3.63, 3.8) is 0 Å². The minimum absolute atomic E-state index is 0.00292. The lowest BCUT2D eigenvalue weighted by Gasteiger charge is -2.18. The number of aliphatic hydroxyl groups excluding tert-OH is 1. The topological polar surface area (TPSA) is 101 Å². The first-order valence-corrected chi connectivity index (χ1v) is 6.55. The normalized spacial score (nSPS) is 14.2. The summed E-state index contributed by atoms with van der Waals surface area (Å²) in [6.07, 6.45) is -0.743. The number of anilines is 1. The Morgan fingerprint density at radius 3 is 2.47 bits per heavy atom. The van der Waals surface area contributed by atoms with E-state index in [0.29, 0.717) is 5.69 Å². The molecule has 0 aliphatic carbocycles. The van der Waals surface area contributed by atoms with E-state index in [1.54, 1.807) is 14.0 Å². The number of nitrogens with two attached hydrogens (primary N) is 1. The first kappa shape index (κ1) is 13.9. The number of sulfonamides is 1. The second-order valence-corrected chi connectivity index (χ2v) is 6.04. The Morgan fingerprint density at radius 2 is 2.12 bits per heavy atom. The number of hydrogen-bond acceptors (Lipinski definition) is 5. The van der Waals surface area contributed by atoms with Crippen LogP contribution in [0.1, 0.15) is 12.6 Å². The van der Waals surface area contributed by atoms with Crippen LogP contribution in [-0.2, 0) is 17.1 Å². The van der Waals surface area contributed by atoms with E-state index in [-0.39, 0.29) is 17.3 Å². The molecule has 1 atom stereocenters. The molecule has 98 valence electrons. The largest absolute Gasteiger partial charge is 0.392 e. The molecule has 0 amide bonds. The van der Waals surface area contributed by atoms with E-state index >= 15 is 0 Å². The third-order valence-corrected chi connectivity index (χ3v) is 4.48. The van der Waals surface area contributed by atoms with Crippen LogP contribution in [0, 0.1) is 6.92 Å². The first-order chi connectivity index (χ1) is 7.67. The summed E-state index contributed by atoms with van der Waals surface area (Å²) in [4.78, 5) is 0.00292. The van der Waals surface area contributed by atoms with Crippen molar-refractivity contribution in [3.05, 3.63) is 5.69 Å². The molecule has 0 saturated carbocycles. The minimum Gasteiger partial charge on any atom is -0.392 e. The number of likely N-dealkylation sites (N-methyl/N-ethyl adjacent to an activating group) is 1. The van der Waals surface area contributed by atoms with Crippen LogP contribution in [0.5, 0.6) is 0 Å². The first-order valence-electron chi connectivity index (χ1n) is 5.11. The van der Waals surface area contributed by atoms with Crippen molar-refractivity contribution in [2.45, 2.75) is 24.8 Å². The molecule has 17 heavy (non-hydrogen) atoms. The maximum Gasteiger partial charge on any atom is 0.248 e. The summed E-state index contributed by atoms with van der Waals surface area (Å²) >= 11 is 0. The molecule has 0 aliphatic rings. The molecule has 8 heteroatoms. The van der Waals surface area contributed by atoms with Crippen molar-refractivity contribution in [1.29, 1.82) is 0 Å². The standard InChI is InChI=1S/C9H18N4O3S/c1-6(14)5-12(3)17(15,16)8-7(2)13(4)11-9(8)10/h6,14H,5H2,1-4H3,(H2,10,11). The van der Waals surface area contributed by atoms with Gasteiger partial charge in [0.1, 0.15) is 4.90 Å². The lowest BCUT2D eigenvalue weighted by Crippen LogP contribution is -2.33. The number of rotatable bonds is 4. The third kappa shape index (κ3) is 2.59. The van der Waals surface area contributed by atoms with Gasteiger partial charge in [0.05, 0.1) is 11.8 Å². The second-order valence-electron chi connectivity index (χ2n) is 4.06. The summed E-state index contributed by atoms with van der Waals surface area (Å²) in [7, 11) is -0.688. The summed E-state index contributed by atoms with van der Waals surface area (Å²) in [6.45, 7) is 3.16. The summed E-state index contributed by atoms with van der Waals surface area (Å²) < 4.78 is 26.9. The molecule has 0 radical (unpaired) electrons. The second kappa shape index (κ2) is 4.63. The van der Waals surface area contributed by atoms with Gasteiger partial charge in [0.2, 0.25) is 10.0 Å². The van der Waals surface area contributed by atoms with Crippen molar-refractivity contribution in [3.8, 4) is 0 Å². The van der Waals surface area contributed by atoms with Gasteiger partial charge in [-0.3, -0.25) is 4.68 Å². The molecule has 7 nitrogen and oxygen atoms in total. The van der Waals surface area contributed by atoms with Crippen LogP contribution < -0.4 is 5.73 Å². The Labute approximate surface area is 101 Å². The number of nitrogens with zero attached hydrogens (tertiary/aromatic N) is 3. The molecule has 1 heterocycles. The smallest absolute Gasteiger partial charge is 0.248 e. The Kier molecular flexibility index (Phi) is 3.80. The van der Waals surface area contributed by atoms with E-state index < -0.39 is 16.1 Å². The molecule has 0 spiro atoms. The predicted octanol–water partition coefficient (Wildman–Crippen LogP) is -0.688. The summed E-state index contributed by atoms with van der Waals surface area (Å²) in [5.41, 5.74) is 6.07. The lowest BCUT2D eigenvalue weighted by molar-refractivity contribution is 0.171. The molecule has 0 saturated heterocycles. The predicted molar refractivity (Wildman–Crippen MR) is 63.9 cm³/mol. The SMILES string of the molecule is Cc1c(S(=O)(=O)N(C)CC(C)O)c(N)nn1C.